The minimum Gasteiger partial charge on any atom is -0.313 e. The van der Waals surface area contributed by atoms with Crippen molar-refractivity contribution < 1.29 is 8.42 Å². The van der Waals surface area contributed by atoms with E-state index < -0.39 is 10.0 Å². The molecule has 5 heteroatoms. The Hall–Kier alpha value is -0.130. The summed E-state index contributed by atoms with van der Waals surface area (Å²) in [5, 5.41) is 3.30. The molecule has 1 aliphatic carbocycles. The first-order valence-corrected chi connectivity index (χ1v) is 9.37. The van der Waals surface area contributed by atoms with Gasteiger partial charge in [-0.25, -0.2) is 12.7 Å². The first-order valence-electron chi connectivity index (χ1n) is 7.87. The minimum absolute atomic E-state index is 0.116. The summed E-state index contributed by atoms with van der Waals surface area (Å²) in [4.78, 5) is 0. The van der Waals surface area contributed by atoms with Crippen LogP contribution in [-0.2, 0) is 10.0 Å². The summed E-state index contributed by atoms with van der Waals surface area (Å²) in [7, 11) is -3.08. The van der Waals surface area contributed by atoms with Crippen LogP contribution in [0.2, 0.25) is 0 Å². The molecule has 1 saturated carbocycles. The summed E-state index contributed by atoms with van der Waals surface area (Å²) in [6, 6.07) is 0.366. The fraction of sp³-hybridized carbons (Fsp3) is 1.00. The second kappa shape index (κ2) is 7.04. The second-order valence-electron chi connectivity index (χ2n) is 5.96. The molecule has 1 heterocycles. The van der Waals surface area contributed by atoms with Crippen LogP contribution in [0.15, 0.2) is 0 Å². The SMILES string of the molecule is CCCN(CC1CCCN1)S(=O)(=O)C1CCCCC1. The zero-order valence-electron chi connectivity index (χ0n) is 12.1. The first-order chi connectivity index (χ1) is 9.14. The molecule has 0 aromatic rings. The predicted molar refractivity (Wildman–Crippen MR) is 78.7 cm³/mol. The first kappa shape index (κ1) is 15.3. The molecule has 1 N–H and O–H groups in total. The summed E-state index contributed by atoms with van der Waals surface area (Å²) in [5.74, 6) is 0. The summed E-state index contributed by atoms with van der Waals surface area (Å²) >= 11 is 0. The third kappa shape index (κ3) is 3.92. The van der Waals surface area contributed by atoms with Crippen LogP contribution in [-0.4, -0.2) is 43.6 Å². The van der Waals surface area contributed by atoms with Gasteiger partial charge < -0.3 is 5.32 Å². The highest BCUT2D eigenvalue weighted by molar-refractivity contribution is 7.89. The molecule has 2 rings (SSSR count). The van der Waals surface area contributed by atoms with Gasteiger partial charge in [0, 0.05) is 19.1 Å². The normalized spacial score (nSPS) is 26.1. The molecule has 2 aliphatic rings. The molecule has 0 bridgehead atoms. The van der Waals surface area contributed by atoms with E-state index in [4.69, 9.17) is 0 Å². The molecule has 1 aliphatic heterocycles. The van der Waals surface area contributed by atoms with E-state index in [0.29, 0.717) is 19.1 Å². The van der Waals surface area contributed by atoms with Crippen molar-refractivity contribution in [3.8, 4) is 0 Å². The highest BCUT2D eigenvalue weighted by atomic mass is 32.2. The van der Waals surface area contributed by atoms with Gasteiger partial charge in [0.15, 0.2) is 0 Å². The molecule has 2 fully saturated rings. The summed E-state index contributed by atoms with van der Waals surface area (Å²) in [6.45, 7) is 4.45. The zero-order chi connectivity index (χ0) is 13.7. The molecule has 0 aromatic heterocycles. The Kier molecular flexibility index (Phi) is 5.66. The largest absolute Gasteiger partial charge is 0.313 e. The van der Waals surface area contributed by atoms with Crippen LogP contribution in [0.3, 0.4) is 0 Å². The van der Waals surface area contributed by atoms with Crippen LogP contribution in [0.4, 0.5) is 0 Å². The van der Waals surface area contributed by atoms with Crippen LogP contribution < -0.4 is 5.32 Å². The molecule has 1 unspecified atom stereocenters. The van der Waals surface area contributed by atoms with Gasteiger partial charge in [-0.2, -0.15) is 0 Å². The Morgan fingerprint density at radius 3 is 2.42 bits per heavy atom. The topological polar surface area (TPSA) is 49.4 Å². The number of hydrogen-bond donors (Lipinski definition) is 1. The maximum atomic E-state index is 12.8. The van der Waals surface area contributed by atoms with Crippen LogP contribution in [0.5, 0.6) is 0 Å². The van der Waals surface area contributed by atoms with Gasteiger partial charge >= 0.3 is 0 Å². The molecule has 19 heavy (non-hydrogen) atoms. The Bertz CT molecular complexity index is 358. The fourth-order valence-electron chi connectivity index (χ4n) is 3.30. The molecule has 0 spiro atoms. The summed E-state index contributed by atoms with van der Waals surface area (Å²) < 4.78 is 27.3. The average Bonchev–Trinajstić information content (AvgIpc) is 2.92. The number of nitrogens with one attached hydrogen (secondary N) is 1. The van der Waals surface area contributed by atoms with Crippen LogP contribution in [0.25, 0.3) is 0 Å². The monoisotopic (exact) mass is 288 g/mol. The number of hydrogen-bond acceptors (Lipinski definition) is 3. The lowest BCUT2D eigenvalue weighted by atomic mass is 10.0. The lowest BCUT2D eigenvalue weighted by molar-refractivity contribution is 0.355. The zero-order valence-corrected chi connectivity index (χ0v) is 12.9. The van der Waals surface area contributed by atoms with Gasteiger partial charge in [-0.05, 0) is 38.6 Å². The Morgan fingerprint density at radius 2 is 1.84 bits per heavy atom. The van der Waals surface area contributed by atoms with Crippen LogP contribution >= 0.6 is 0 Å². The maximum absolute atomic E-state index is 12.8. The Morgan fingerprint density at radius 1 is 1.11 bits per heavy atom. The van der Waals surface area contributed by atoms with Gasteiger partial charge in [-0.1, -0.05) is 26.2 Å². The van der Waals surface area contributed by atoms with Crippen molar-refractivity contribution in [2.45, 2.75) is 69.6 Å². The molecule has 112 valence electrons. The van der Waals surface area contributed by atoms with E-state index in [0.717, 1.165) is 45.1 Å². The Labute approximate surface area is 118 Å². The standard InChI is InChI=1S/C14H28N2O2S/c1-2-11-16(12-13-7-6-10-15-13)19(17,18)14-8-4-3-5-9-14/h13-15H,2-12H2,1H3. The molecule has 0 aromatic carbocycles. The average molecular weight is 288 g/mol. The lowest BCUT2D eigenvalue weighted by Crippen LogP contribution is -2.45. The molecule has 1 saturated heterocycles. The van der Waals surface area contributed by atoms with Crippen molar-refractivity contribution >= 4 is 10.0 Å². The fourth-order valence-corrected chi connectivity index (χ4v) is 5.48. The quantitative estimate of drug-likeness (QED) is 0.814. The third-order valence-electron chi connectivity index (χ3n) is 4.39. The van der Waals surface area contributed by atoms with Crippen molar-refractivity contribution in [3.63, 3.8) is 0 Å². The number of sulfonamides is 1. The van der Waals surface area contributed by atoms with Crippen LogP contribution in [0, 0.1) is 0 Å². The van der Waals surface area contributed by atoms with Crippen molar-refractivity contribution in [2.24, 2.45) is 0 Å². The van der Waals surface area contributed by atoms with Gasteiger partial charge in [-0.15, -0.1) is 0 Å². The third-order valence-corrected chi connectivity index (χ3v) is 6.76. The Balaban J connectivity index is 2.02. The van der Waals surface area contributed by atoms with E-state index in [1.54, 1.807) is 4.31 Å². The second-order valence-corrected chi connectivity index (χ2v) is 8.17. The van der Waals surface area contributed by atoms with Crippen molar-refractivity contribution in [3.05, 3.63) is 0 Å². The van der Waals surface area contributed by atoms with Gasteiger partial charge in [0.05, 0.1) is 5.25 Å². The summed E-state index contributed by atoms with van der Waals surface area (Å²) in [5.41, 5.74) is 0. The van der Waals surface area contributed by atoms with E-state index in [9.17, 15) is 8.42 Å². The van der Waals surface area contributed by atoms with Crippen molar-refractivity contribution in [2.75, 3.05) is 19.6 Å². The van der Waals surface area contributed by atoms with Crippen LogP contribution in [0.1, 0.15) is 58.3 Å². The van der Waals surface area contributed by atoms with Gasteiger partial charge in [-0.3, -0.25) is 0 Å². The molecule has 1 atom stereocenters. The minimum atomic E-state index is -3.08. The summed E-state index contributed by atoms with van der Waals surface area (Å²) in [6.07, 6.45) is 8.26. The highest BCUT2D eigenvalue weighted by Crippen LogP contribution is 2.26. The predicted octanol–water partition coefficient (Wildman–Crippen LogP) is 2.11. The van der Waals surface area contributed by atoms with E-state index in [2.05, 4.69) is 12.2 Å². The maximum Gasteiger partial charge on any atom is 0.217 e. The van der Waals surface area contributed by atoms with Gasteiger partial charge in [0.1, 0.15) is 0 Å². The molecule has 0 amide bonds. The number of nitrogens with zero attached hydrogens (tertiary/aromatic N) is 1. The molecular formula is C14H28N2O2S. The van der Waals surface area contributed by atoms with Gasteiger partial charge in [0.2, 0.25) is 10.0 Å². The molecule has 4 nitrogen and oxygen atoms in total. The van der Waals surface area contributed by atoms with Crippen molar-refractivity contribution in [1.82, 2.24) is 9.62 Å². The lowest BCUT2D eigenvalue weighted by Gasteiger charge is -2.31. The molecular weight excluding hydrogens is 260 g/mol. The van der Waals surface area contributed by atoms with Gasteiger partial charge in [0.25, 0.3) is 0 Å². The number of rotatable bonds is 6. The van der Waals surface area contributed by atoms with E-state index >= 15 is 0 Å². The van der Waals surface area contributed by atoms with Crippen molar-refractivity contribution in [1.29, 1.82) is 0 Å². The van der Waals surface area contributed by atoms with E-state index in [1.165, 1.54) is 12.8 Å². The van der Waals surface area contributed by atoms with E-state index in [1.807, 2.05) is 0 Å². The van der Waals surface area contributed by atoms with E-state index in [-0.39, 0.29) is 5.25 Å². The smallest absolute Gasteiger partial charge is 0.217 e. The molecule has 0 radical (unpaired) electrons. The highest BCUT2D eigenvalue weighted by Gasteiger charge is 2.34.